The summed E-state index contributed by atoms with van der Waals surface area (Å²) in [5.41, 5.74) is 7.58. The van der Waals surface area contributed by atoms with Crippen molar-refractivity contribution >= 4 is 10.8 Å². The van der Waals surface area contributed by atoms with Crippen molar-refractivity contribution in [3.05, 3.63) is 64.8 Å². The first kappa shape index (κ1) is 12.9. The van der Waals surface area contributed by atoms with E-state index in [1.807, 2.05) is 6.20 Å². The fraction of sp³-hybridized carbons (Fsp3) is 0.211. The smallest absolute Gasteiger partial charge is 0.0780 e. The Morgan fingerprint density at radius 1 is 0.800 bits per heavy atom. The number of hydrogen-bond donors (Lipinski definition) is 0. The van der Waals surface area contributed by atoms with Crippen LogP contribution in [0.3, 0.4) is 0 Å². The average molecular weight is 261 g/mol. The summed E-state index contributed by atoms with van der Waals surface area (Å²) in [5, 5.41) is 2.48. The highest BCUT2D eigenvalue weighted by molar-refractivity contribution is 5.95. The Kier molecular flexibility index (Phi) is 3.06. The van der Waals surface area contributed by atoms with Crippen molar-refractivity contribution in [1.82, 2.24) is 4.98 Å². The van der Waals surface area contributed by atoms with Crippen molar-refractivity contribution in [3.63, 3.8) is 0 Å². The molecule has 0 N–H and O–H groups in total. The van der Waals surface area contributed by atoms with E-state index in [1.165, 1.54) is 38.6 Å². The second-order valence-electron chi connectivity index (χ2n) is 5.62. The SMILES string of the molecule is Cc1ccc2ccnc(-c3cc(C)c(C)c(C)c3)c2c1. The predicted molar refractivity (Wildman–Crippen MR) is 86.1 cm³/mol. The summed E-state index contributed by atoms with van der Waals surface area (Å²) in [7, 11) is 0. The Hall–Kier alpha value is -2.15. The van der Waals surface area contributed by atoms with Gasteiger partial charge in [-0.3, -0.25) is 4.98 Å². The molecule has 0 spiro atoms. The largest absolute Gasteiger partial charge is 0.256 e. The van der Waals surface area contributed by atoms with Crippen molar-refractivity contribution < 1.29 is 0 Å². The van der Waals surface area contributed by atoms with Crippen LogP contribution in [-0.4, -0.2) is 4.98 Å². The summed E-state index contributed by atoms with van der Waals surface area (Å²) in [6, 6.07) is 13.1. The van der Waals surface area contributed by atoms with Gasteiger partial charge in [0.15, 0.2) is 0 Å². The summed E-state index contributed by atoms with van der Waals surface area (Å²) in [4.78, 5) is 4.63. The van der Waals surface area contributed by atoms with Crippen LogP contribution in [0.5, 0.6) is 0 Å². The van der Waals surface area contributed by atoms with Crippen LogP contribution in [0.4, 0.5) is 0 Å². The molecule has 0 aliphatic heterocycles. The lowest BCUT2D eigenvalue weighted by Gasteiger charge is -2.11. The summed E-state index contributed by atoms with van der Waals surface area (Å²) in [5.74, 6) is 0. The summed E-state index contributed by atoms with van der Waals surface area (Å²) in [6.07, 6.45) is 1.90. The molecule has 1 heterocycles. The van der Waals surface area contributed by atoms with Gasteiger partial charge in [0.1, 0.15) is 0 Å². The van der Waals surface area contributed by atoms with E-state index in [9.17, 15) is 0 Å². The Morgan fingerprint density at radius 2 is 1.50 bits per heavy atom. The quantitative estimate of drug-likeness (QED) is 0.591. The molecule has 0 fully saturated rings. The van der Waals surface area contributed by atoms with E-state index in [1.54, 1.807) is 0 Å². The number of rotatable bonds is 1. The predicted octanol–water partition coefficient (Wildman–Crippen LogP) is 5.14. The number of benzene rings is 2. The number of hydrogen-bond acceptors (Lipinski definition) is 1. The molecule has 0 aliphatic rings. The molecule has 20 heavy (non-hydrogen) atoms. The molecule has 0 amide bonds. The highest BCUT2D eigenvalue weighted by Gasteiger charge is 2.08. The minimum Gasteiger partial charge on any atom is -0.256 e. The average Bonchev–Trinajstić information content (AvgIpc) is 2.43. The van der Waals surface area contributed by atoms with Gasteiger partial charge in [0.25, 0.3) is 0 Å². The van der Waals surface area contributed by atoms with Crippen LogP contribution in [0.15, 0.2) is 42.6 Å². The molecule has 0 aliphatic carbocycles. The lowest BCUT2D eigenvalue weighted by Crippen LogP contribution is -1.92. The molecule has 1 heteroatoms. The molecule has 0 atom stereocenters. The number of pyridine rings is 1. The van der Waals surface area contributed by atoms with Gasteiger partial charge in [-0.25, -0.2) is 0 Å². The maximum Gasteiger partial charge on any atom is 0.0780 e. The van der Waals surface area contributed by atoms with Gasteiger partial charge in [-0.1, -0.05) is 17.7 Å². The number of aromatic nitrogens is 1. The van der Waals surface area contributed by atoms with E-state index in [2.05, 4.69) is 69.1 Å². The minimum atomic E-state index is 1.08. The number of aryl methyl sites for hydroxylation is 3. The first-order valence-electron chi connectivity index (χ1n) is 7.00. The topological polar surface area (TPSA) is 12.9 Å². The molecule has 2 aromatic carbocycles. The Morgan fingerprint density at radius 3 is 2.20 bits per heavy atom. The highest BCUT2D eigenvalue weighted by Crippen LogP contribution is 2.29. The minimum absolute atomic E-state index is 1.08. The van der Waals surface area contributed by atoms with Gasteiger partial charge in [-0.05, 0) is 74.0 Å². The molecule has 100 valence electrons. The zero-order chi connectivity index (χ0) is 14.3. The van der Waals surface area contributed by atoms with E-state index in [0.717, 1.165) is 5.69 Å². The highest BCUT2D eigenvalue weighted by atomic mass is 14.7. The molecule has 1 nitrogen and oxygen atoms in total. The molecule has 0 saturated carbocycles. The van der Waals surface area contributed by atoms with Crippen LogP contribution < -0.4 is 0 Å². The molecular formula is C19H19N. The van der Waals surface area contributed by atoms with E-state index < -0.39 is 0 Å². The monoisotopic (exact) mass is 261 g/mol. The lowest BCUT2D eigenvalue weighted by atomic mass is 9.96. The summed E-state index contributed by atoms with van der Waals surface area (Å²) in [6.45, 7) is 8.64. The third-order valence-electron chi connectivity index (χ3n) is 4.12. The molecule has 0 bridgehead atoms. The Labute approximate surface area is 120 Å². The Balaban J connectivity index is 2.32. The van der Waals surface area contributed by atoms with Crippen LogP contribution in [0.1, 0.15) is 22.3 Å². The van der Waals surface area contributed by atoms with Crippen LogP contribution in [0, 0.1) is 27.7 Å². The zero-order valence-electron chi connectivity index (χ0n) is 12.5. The van der Waals surface area contributed by atoms with Crippen LogP contribution >= 0.6 is 0 Å². The fourth-order valence-corrected chi connectivity index (χ4v) is 2.68. The van der Waals surface area contributed by atoms with Gasteiger partial charge in [0.05, 0.1) is 5.69 Å². The maximum absolute atomic E-state index is 4.63. The molecular weight excluding hydrogens is 242 g/mol. The lowest BCUT2D eigenvalue weighted by molar-refractivity contribution is 1.25. The summed E-state index contributed by atoms with van der Waals surface area (Å²) < 4.78 is 0. The van der Waals surface area contributed by atoms with Crippen LogP contribution in [-0.2, 0) is 0 Å². The number of nitrogens with zero attached hydrogens (tertiary/aromatic N) is 1. The first-order valence-corrected chi connectivity index (χ1v) is 7.00. The second kappa shape index (κ2) is 4.75. The van der Waals surface area contributed by atoms with Gasteiger partial charge >= 0.3 is 0 Å². The van der Waals surface area contributed by atoms with Crippen molar-refractivity contribution in [3.8, 4) is 11.3 Å². The zero-order valence-corrected chi connectivity index (χ0v) is 12.5. The number of fused-ring (bicyclic) bond motifs is 1. The molecule has 3 aromatic rings. The van der Waals surface area contributed by atoms with Gasteiger partial charge < -0.3 is 0 Å². The van der Waals surface area contributed by atoms with E-state index >= 15 is 0 Å². The third-order valence-corrected chi connectivity index (χ3v) is 4.12. The first-order chi connectivity index (χ1) is 9.56. The van der Waals surface area contributed by atoms with E-state index in [-0.39, 0.29) is 0 Å². The Bertz CT molecular complexity index is 777. The summed E-state index contributed by atoms with van der Waals surface area (Å²) >= 11 is 0. The molecule has 1 aromatic heterocycles. The van der Waals surface area contributed by atoms with E-state index in [0.29, 0.717) is 0 Å². The van der Waals surface area contributed by atoms with Crippen molar-refractivity contribution in [1.29, 1.82) is 0 Å². The standard InChI is InChI=1S/C19H19N/c1-12-5-6-16-7-8-20-19(18(16)9-12)17-10-13(2)15(4)14(3)11-17/h5-11H,1-4H3. The molecule has 0 saturated heterocycles. The van der Waals surface area contributed by atoms with Crippen LogP contribution in [0.2, 0.25) is 0 Å². The van der Waals surface area contributed by atoms with Crippen molar-refractivity contribution in [2.75, 3.05) is 0 Å². The van der Waals surface area contributed by atoms with Gasteiger partial charge in [-0.15, -0.1) is 0 Å². The second-order valence-corrected chi connectivity index (χ2v) is 5.62. The fourth-order valence-electron chi connectivity index (χ4n) is 2.68. The normalized spacial score (nSPS) is 11.0. The van der Waals surface area contributed by atoms with Gasteiger partial charge in [0.2, 0.25) is 0 Å². The van der Waals surface area contributed by atoms with E-state index in [4.69, 9.17) is 0 Å². The molecule has 3 rings (SSSR count). The third kappa shape index (κ3) is 2.09. The van der Waals surface area contributed by atoms with Gasteiger partial charge in [0, 0.05) is 17.1 Å². The van der Waals surface area contributed by atoms with Crippen molar-refractivity contribution in [2.24, 2.45) is 0 Å². The van der Waals surface area contributed by atoms with Crippen molar-refractivity contribution in [2.45, 2.75) is 27.7 Å². The molecule has 0 unspecified atom stereocenters. The molecule has 0 radical (unpaired) electrons. The maximum atomic E-state index is 4.63. The van der Waals surface area contributed by atoms with Crippen LogP contribution in [0.25, 0.3) is 22.0 Å². The van der Waals surface area contributed by atoms with Gasteiger partial charge in [-0.2, -0.15) is 0 Å².